The van der Waals surface area contributed by atoms with Gasteiger partial charge in [-0.1, -0.05) is 40.2 Å². The average molecular weight is 413 g/mol. The summed E-state index contributed by atoms with van der Waals surface area (Å²) in [7, 11) is 1.40. The second kappa shape index (κ2) is 7.61. The first-order valence-electron chi connectivity index (χ1n) is 6.42. The Bertz CT molecular complexity index is 644. The standard InChI is InChI=1S/C16H15Br2NO2/c1-21-16(20)8-11-4-2-3-5-12(11)10-19-15-9-13(17)6-7-14(15)18/h2-7,9,19H,8,10H2,1H3. The monoisotopic (exact) mass is 411 g/mol. The van der Waals surface area contributed by atoms with Crippen molar-refractivity contribution >= 4 is 43.5 Å². The second-order valence-corrected chi connectivity index (χ2v) is 6.27. The molecule has 0 spiro atoms. The maximum atomic E-state index is 11.5. The number of carbonyl (C=O) groups excluding carboxylic acids is 1. The van der Waals surface area contributed by atoms with E-state index < -0.39 is 0 Å². The zero-order chi connectivity index (χ0) is 15.2. The molecular weight excluding hydrogens is 398 g/mol. The molecule has 0 bridgehead atoms. The smallest absolute Gasteiger partial charge is 0.309 e. The van der Waals surface area contributed by atoms with E-state index in [0.29, 0.717) is 6.54 Å². The molecule has 0 saturated heterocycles. The summed E-state index contributed by atoms with van der Waals surface area (Å²) in [6.07, 6.45) is 0.286. The highest BCUT2D eigenvalue weighted by molar-refractivity contribution is 9.11. The van der Waals surface area contributed by atoms with E-state index in [1.165, 1.54) is 7.11 Å². The van der Waals surface area contributed by atoms with Crippen LogP contribution < -0.4 is 5.32 Å². The van der Waals surface area contributed by atoms with E-state index in [2.05, 4.69) is 37.2 Å². The summed E-state index contributed by atoms with van der Waals surface area (Å²) < 4.78 is 6.74. The van der Waals surface area contributed by atoms with E-state index in [1.807, 2.05) is 42.5 Å². The minimum atomic E-state index is -0.230. The van der Waals surface area contributed by atoms with Gasteiger partial charge in [0.2, 0.25) is 0 Å². The molecule has 2 aromatic rings. The molecule has 0 fully saturated rings. The van der Waals surface area contributed by atoms with E-state index in [1.54, 1.807) is 0 Å². The lowest BCUT2D eigenvalue weighted by Gasteiger charge is -2.12. The molecule has 0 amide bonds. The Morgan fingerprint density at radius 1 is 1.14 bits per heavy atom. The molecular formula is C16H15Br2NO2. The molecule has 0 atom stereocenters. The molecule has 0 saturated carbocycles. The van der Waals surface area contributed by atoms with Crippen LogP contribution in [0, 0.1) is 0 Å². The van der Waals surface area contributed by atoms with E-state index in [-0.39, 0.29) is 12.4 Å². The van der Waals surface area contributed by atoms with Crippen molar-refractivity contribution in [1.29, 1.82) is 0 Å². The van der Waals surface area contributed by atoms with Crippen molar-refractivity contribution in [3.8, 4) is 0 Å². The van der Waals surface area contributed by atoms with Crippen LogP contribution in [0.4, 0.5) is 5.69 Å². The average Bonchev–Trinajstić information content (AvgIpc) is 2.49. The fraction of sp³-hybridized carbons (Fsp3) is 0.188. The Hall–Kier alpha value is -1.33. The first-order chi connectivity index (χ1) is 10.1. The van der Waals surface area contributed by atoms with Gasteiger partial charge in [0.25, 0.3) is 0 Å². The van der Waals surface area contributed by atoms with Gasteiger partial charge in [-0.25, -0.2) is 0 Å². The Labute approximate surface area is 141 Å². The van der Waals surface area contributed by atoms with Crippen molar-refractivity contribution in [3.63, 3.8) is 0 Å². The molecule has 0 heterocycles. The van der Waals surface area contributed by atoms with Gasteiger partial charge in [0.1, 0.15) is 0 Å². The van der Waals surface area contributed by atoms with E-state index in [0.717, 1.165) is 25.8 Å². The normalized spacial score (nSPS) is 10.2. The molecule has 0 aromatic heterocycles. The third kappa shape index (κ3) is 4.58. The fourth-order valence-electron chi connectivity index (χ4n) is 1.95. The number of methoxy groups -OCH3 is 1. The van der Waals surface area contributed by atoms with Gasteiger partial charge in [-0.3, -0.25) is 4.79 Å². The quantitative estimate of drug-likeness (QED) is 0.732. The predicted octanol–water partition coefficient (Wildman–Crippen LogP) is 4.54. The summed E-state index contributed by atoms with van der Waals surface area (Å²) in [5, 5.41) is 3.37. The van der Waals surface area contributed by atoms with Crippen molar-refractivity contribution in [2.24, 2.45) is 0 Å². The van der Waals surface area contributed by atoms with Gasteiger partial charge in [0.15, 0.2) is 0 Å². The number of hydrogen-bond donors (Lipinski definition) is 1. The van der Waals surface area contributed by atoms with Crippen LogP contribution in [0.15, 0.2) is 51.4 Å². The van der Waals surface area contributed by atoms with Crippen molar-refractivity contribution < 1.29 is 9.53 Å². The zero-order valence-electron chi connectivity index (χ0n) is 11.5. The first-order valence-corrected chi connectivity index (χ1v) is 8.01. The Morgan fingerprint density at radius 3 is 2.57 bits per heavy atom. The summed E-state index contributed by atoms with van der Waals surface area (Å²) in [5.41, 5.74) is 3.05. The number of anilines is 1. The molecule has 110 valence electrons. The van der Waals surface area contributed by atoms with Gasteiger partial charge in [-0.2, -0.15) is 0 Å². The van der Waals surface area contributed by atoms with Gasteiger partial charge >= 0.3 is 5.97 Å². The number of halogens is 2. The topological polar surface area (TPSA) is 38.3 Å². The van der Waals surface area contributed by atoms with Crippen molar-refractivity contribution in [2.75, 3.05) is 12.4 Å². The molecule has 3 nitrogen and oxygen atoms in total. The molecule has 21 heavy (non-hydrogen) atoms. The van der Waals surface area contributed by atoms with Gasteiger partial charge in [0.05, 0.1) is 13.5 Å². The number of ether oxygens (including phenoxy) is 1. The van der Waals surface area contributed by atoms with Crippen molar-refractivity contribution in [1.82, 2.24) is 0 Å². The predicted molar refractivity (Wildman–Crippen MR) is 91.3 cm³/mol. The Balaban J connectivity index is 2.13. The van der Waals surface area contributed by atoms with Crippen LogP contribution in [0.2, 0.25) is 0 Å². The zero-order valence-corrected chi connectivity index (χ0v) is 14.7. The summed E-state index contributed by atoms with van der Waals surface area (Å²) in [6, 6.07) is 13.8. The van der Waals surface area contributed by atoms with Crippen LogP contribution in [0.5, 0.6) is 0 Å². The fourth-order valence-corrected chi connectivity index (χ4v) is 2.70. The van der Waals surface area contributed by atoms with E-state index in [4.69, 9.17) is 4.74 Å². The van der Waals surface area contributed by atoms with Gasteiger partial charge in [-0.15, -0.1) is 0 Å². The van der Waals surface area contributed by atoms with Crippen LogP contribution in [-0.4, -0.2) is 13.1 Å². The molecule has 0 unspecified atom stereocenters. The number of rotatable bonds is 5. The first kappa shape index (κ1) is 16.0. The largest absolute Gasteiger partial charge is 0.469 e. The molecule has 0 aliphatic carbocycles. The molecule has 0 aliphatic heterocycles. The van der Waals surface area contributed by atoms with Gasteiger partial charge < -0.3 is 10.1 Å². The van der Waals surface area contributed by atoms with Crippen LogP contribution in [-0.2, 0) is 22.5 Å². The highest BCUT2D eigenvalue weighted by atomic mass is 79.9. The third-order valence-corrected chi connectivity index (χ3v) is 4.26. The number of hydrogen-bond acceptors (Lipinski definition) is 3. The van der Waals surface area contributed by atoms with Crippen LogP contribution in [0.3, 0.4) is 0 Å². The second-order valence-electron chi connectivity index (χ2n) is 4.50. The highest BCUT2D eigenvalue weighted by Gasteiger charge is 2.08. The molecule has 1 N–H and O–H groups in total. The Kier molecular flexibility index (Phi) is 5.82. The van der Waals surface area contributed by atoms with E-state index >= 15 is 0 Å². The summed E-state index contributed by atoms with van der Waals surface area (Å²) in [6.45, 7) is 0.641. The van der Waals surface area contributed by atoms with Crippen LogP contribution in [0.1, 0.15) is 11.1 Å². The molecule has 2 rings (SSSR count). The van der Waals surface area contributed by atoms with Crippen LogP contribution in [0.25, 0.3) is 0 Å². The molecule has 2 aromatic carbocycles. The number of carbonyl (C=O) groups is 1. The summed E-state index contributed by atoms with van der Waals surface area (Å²) in [4.78, 5) is 11.5. The number of esters is 1. The lowest BCUT2D eigenvalue weighted by atomic mass is 10.0. The molecule has 5 heteroatoms. The lowest BCUT2D eigenvalue weighted by Crippen LogP contribution is -2.09. The minimum absolute atomic E-state index is 0.230. The van der Waals surface area contributed by atoms with Crippen LogP contribution >= 0.6 is 31.9 Å². The lowest BCUT2D eigenvalue weighted by molar-refractivity contribution is -0.139. The van der Waals surface area contributed by atoms with Crippen molar-refractivity contribution in [2.45, 2.75) is 13.0 Å². The molecule has 0 radical (unpaired) electrons. The SMILES string of the molecule is COC(=O)Cc1ccccc1CNc1cc(Br)ccc1Br. The minimum Gasteiger partial charge on any atom is -0.469 e. The summed E-state index contributed by atoms with van der Waals surface area (Å²) in [5.74, 6) is -0.230. The molecule has 0 aliphatic rings. The maximum Gasteiger partial charge on any atom is 0.309 e. The number of benzene rings is 2. The van der Waals surface area contributed by atoms with E-state index in [9.17, 15) is 4.79 Å². The third-order valence-electron chi connectivity index (χ3n) is 3.08. The Morgan fingerprint density at radius 2 is 1.86 bits per heavy atom. The van der Waals surface area contributed by atoms with Crippen molar-refractivity contribution in [3.05, 3.63) is 62.5 Å². The van der Waals surface area contributed by atoms with Gasteiger partial charge in [0, 0.05) is 21.2 Å². The van der Waals surface area contributed by atoms with Gasteiger partial charge in [-0.05, 0) is 45.3 Å². The highest BCUT2D eigenvalue weighted by Crippen LogP contribution is 2.27. The number of nitrogens with one attached hydrogen (secondary N) is 1. The summed E-state index contributed by atoms with van der Waals surface area (Å²) >= 11 is 6.97. The maximum absolute atomic E-state index is 11.5.